The minimum atomic E-state index is -0.273. The van der Waals surface area contributed by atoms with Crippen molar-refractivity contribution in [1.82, 2.24) is 25.4 Å². The van der Waals surface area contributed by atoms with E-state index in [4.69, 9.17) is 0 Å². The summed E-state index contributed by atoms with van der Waals surface area (Å²) in [5.74, 6) is 0.904. The summed E-state index contributed by atoms with van der Waals surface area (Å²) < 4.78 is 1.84. The quantitative estimate of drug-likeness (QED) is 0.843. The number of rotatable bonds is 4. The topological polar surface area (TPSA) is 71.8 Å². The molecule has 2 atom stereocenters. The van der Waals surface area contributed by atoms with Crippen LogP contribution in [0.1, 0.15) is 45.0 Å². The van der Waals surface area contributed by atoms with Crippen molar-refractivity contribution in [3.8, 4) is 0 Å². The average molecular weight is 265 g/mol. The van der Waals surface area contributed by atoms with Gasteiger partial charge in [0.05, 0.1) is 11.5 Å². The van der Waals surface area contributed by atoms with Gasteiger partial charge in [-0.15, -0.1) is 10.2 Å². The summed E-state index contributed by atoms with van der Waals surface area (Å²) in [5.41, 5.74) is -0.273. The molecule has 1 aliphatic heterocycles. The number of aromatic nitrogens is 3. The summed E-state index contributed by atoms with van der Waals surface area (Å²) in [5, 5.41) is 14.3. The second-order valence-corrected chi connectivity index (χ2v) is 5.41. The number of carbonyl (C=O) groups excluding carboxylic acids is 1. The van der Waals surface area contributed by atoms with E-state index in [2.05, 4.69) is 27.8 Å². The molecule has 0 spiro atoms. The van der Waals surface area contributed by atoms with Crippen LogP contribution in [0, 0.1) is 5.41 Å². The molecule has 1 aliphatic rings. The first-order chi connectivity index (χ1) is 9.09. The van der Waals surface area contributed by atoms with Crippen LogP contribution in [-0.4, -0.2) is 33.8 Å². The number of nitrogens with one attached hydrogen (secondary N) is 2. The normalized spacial score (nSPS) is 25.0. The van der Waals surface area contributed by atoms with Crippen LogP contribution < -0.4 is 10.6 Å². The summed E-state index contributed by atoms with van der Waals surface area (Å²) in [6.07, 6.45) is 4.51. The van der Waals surface area contributed by atoms with Gasteiger partial charge in [-0.05, 0) is 32.7 Å². The number of nitrogens with zero attached hydrogens (tertiary/aromatic N) is 3. The molecule has 6 nitrogen and oxygen atoms in total. The van der Waals surface area contributed by atoms with E-state index in [1.807, 2.05) is 18.5 Å². The van der Waals surface area contributed by atoms with Gasteiger partial charge < -0.3 is 15.2 Å². The highest BCUT2D eigenvalue weighted by atomic mass is 16.2. The molecule has 0 saturated carbocycles. The molecule has 0 aliphatic carbocycles. The van der Waals surface area contributed by atoms with Gasteiger partial charge in [0, 0.05) is 13.6 Å². The molecule has 2 heterocycles. The third-order valence-electron chi connectivity index (χ3n) is 4.11. The maximum Gasteiger partial charge on any atom is 0.228 e. The van der Waals surface area contributed by atoms with Gasteiger partial charge in [-0.1, -0.05) is 6.92 Å². The van der Waals surface area contributed by atoms with E-state index in [1.54, 1.807) is 6.33 Å². The second-order valence-electron chi connectivity index (χ2n) is 5.41. The third-order valence-corrected chi connectivity index (χ3v) is 4.11. The Morgan fingerprint density at radius 2 is 2.47 bits per heavy atom. The van der Waals surface area contributed by atoms with Crippen LogP contribution in [0.4, 0.5) is 0 Å². The van der Waals surface area contributed by atoms with E-state index in [-0.39, 0.29) is 17.4 Å². The van der Waals surface area contributed by atoms with Crippen molar-refractivity contribution >= 4 is 5.91 Å². The molecule has 106 valence electrons. The molecule has 2 rings (SSSR count). The zero-order chi connectivity index (χ0) is 13.9. The molecule has 19 heavy (non-hydrogen) atoms. The molecule has 0 bridgehead atoms. The highest BCUT2D eigenvalue weighted by Crippen LogP contribution is 2.31. The maximum absolute atomic E-state index is 12.6. The van der Waals surface area contributed by atoms with Crippen molar-refractivity contribution in [2.75, 3.05) is 13.1 Å². The lowest BCUT2D eigenvalue weighted by Gasteiger charge is -2.36. The van der Waals surface area contributed by atoms with Crippen LogP contribution >= 0.6 is 0 Å². The van der Waals surface area contributed by atoms with E-state index in [0.29, 0.717) is 0 Å². The number of hydrogen-bond donors (Lipinski definition) is 2. The van der Waals surface area contributed by atoms with Crippen molar-refractivity contribution in [3.63, 3.8) is 0 Å². The van der Waals surface area contributed by atoms with Crippen molar-refractivity contribution in [2.45, 2.75) is 39.2 Å². The molecule has 2 unspecified atom stereocenters. The lowest BCUT2D eigenvalue weighted by Crippen LogP contribution is -2.50. The van der Waals surface area contributed by atoms with Gasteiger partial charge in [0.25, 0.3) is 0 Å². The number of aryl methyl sites for hydroxylation is 1. The summed E-state index contributed by atoms with van der Waals surface area (Å²) >= 11 is 0. The monoisotopic (exact) mass is 265 g/mol. The van der Waals surface area contributed by atoms with Crippen molar-refractivity contribution in [3.05, 3.63) is 12.2 Å². The second kappa shape index (κ2) is 5.69. The van der Waals surface area contributed by atoms with Gasteiger partial charge in [-0.2, -0.15) is 0 Å². The van der Waals surface area contributed by atoms with Crippen molar-refractivity contribution in [1.29, 1.82) is 0 Å². The molecule has 6 heteroatoms. The van der Waals surface area contributed by atoms with Gasteiger partial charge in [-0.25, -0.2) is 0 Å². The summed E-state index contributed by atoms with van der Waals surface area (Å²) in [7, 11) is 1.88. The van der Waals surface area contributed by atoms with Crippen LogP contribution in [0.5, 0.6) is 0 Å². The van der Waals surface area contributed by atoms with Crippen LogP contribution in [0.25, 0.3) is 0 Å². The van der Waals surface area contributed by atoms with E-state index in [1.165, 1.54) is 0 Å². The van der Waals surface area contributed by atoms with Crippen molar-refractivity contribution in [2.24, 2.45) is 12.5 Å². The van der Waals surface area contributed by atoms with E-state index >= 15 is 0 Å². The fourth-order valence-corrected chi connectivity index (χ4v) is 2.72. The lowest BCUT2D eigenvalue weighted by molar-refractivity contribution is -0.133. The Kier molecular flexibility index (Phi) is 4.19. The molecule has 2 N–H and O–H groups in total. The van der Waals surface area contributed by atoms with E-state index in [9.17, 15) is 4.79 Å². The predicted molar refractivity (Wildman–Crippen MR) is 72.4 cm³/mol. The molecular weight excluding hydrogens is 242 g/mol. The third kappa shape index (κ3) is 2.78. The Labute approximate surface area is 114 Å². The fourth-order valence-electron chi connectivity index (χ4n) is 2.72. The standard InChI is InChI=1S/C13H23N5O/c1-4-13(6-5-7-14-8-13)12(19)16-10(2)11-17-15-9-18(11)3/h9-10,14H,4-8H2,1-3H3,(H,16,19). The van der Waals surface area contributed by atoms with E-state index in [0.717, 1.165) is 38.2 Å². The largest absolute Gasteiger partial charge is 0.346 e. The summed E-state index contributed by atoms with van der Waals surface area (Å²) in [6.45, 7) is 5.80. The minimum Gasteiger partial charge on any atom is -0.346 e. The van der Waals surface area contributed by atoms with Gasteiger partial charge in [0.1, 0.15) is 6.33 Å². The zero-order valence-electron chi connectivity index (χ0n) is 11.9. The first-order valence-corrected chi connectivity index (χ1v) is 6.94. The van der Waals surface area contributed by atoms with Crippen LogP contribution in [-0.2, 0) is 11.8 Å². The number of hydrogen-bond acceptors (Lipinski definition) is 4. The Morgan fingerprint density at radius 3 is 3.00 bits per heavy atom. The lowest BCUT2D eigenvalue weighted by atomic mass is 9.77. The van der Waals surface area contributed by atoms with Gasteiger partial charge in [0.15, 0.2) is 5.82 Å². The molecular formula is C13H23N5O. The van der Waals surface area contributed by atoms with Crippen LogP contribution in [0.2, 0.25) is 0 Å². The molecule has 0 aromatic carbocycles. The molecule has 1 saturated heterocycles. The van der Waals surface area contributed by atoms with Gasteiger partial charge >= 0.3 is 0 Å². The molecule has 1 aromatic heterocycles. The number of carbonyl (C=O) groups is 1. The Morgan fingerprint density at radius 1 is 1.68 bits per heavy atom. The highest BCUT2D eigenvalue weighted by molar-refractivity contribution is 5.83. The average Bonchev–Trinajstić information content (AvgIpc) is 2.85. The SMILES string of the molecule is CCC1(C(=O)NC(C)c2nncn2C)CCCNC1. The highest BCUT2D eigenvalue weighted by Gasteiger charge is 2.38. The fraction of sp³-hybridized carbons (Fsp3) is 0.769. The van der Waals surface area contributed by atoms with E-state index < -0.39 is 0 Å². The van der Waals surface area contributed by atoms with Crippen LogP contribution in [0.15, 0.2) is 6.33 Å². The molecule has 1 aromatic rings. The van der Waals surface area contributed by atoms with Gasteiger partial charge in [0.2, 0.25) is 5.91 Å². The molecule has 1 amide bonds. The Bertz CT molecular complexity index is 436. The first-order valence-electron chi connectivity index (χ1n) is 6.94. The Balaban J connectivity index is 2.05. The number of piperidine rings is 1. The number of amides is 1. The molecule has 1 fully saturated rings. The summed E-state index contributed by atoms with van der Waals surface area (Å²) in [6, 6.07) is -0.120. The smallest absolute Gasteiger partial charge is 0.228 e. The van der Waals surface area contributed by atoms with Gasteiger partial charge in [-0.3, -0.25) is 4.79 Å². The van der Waals surface area contributed by atoms with Crippen molar-refractivity contribution < 1.29 is 4.79 Å². The summed E-state index contributed by atoms with van der Waals surface area (Å²) in [4.78, 5) is 12.6. The molecule has 0 radical (unpaired) electrons. The maximum atomic E-state index is 12.6. The predicted octanol–water partition coefficient (Wildman–Crippen LogP) is 0.772. The minimum absolute atomic E-state index is 0.120. The Hall–Kier alpha value is -1.43. The zero-order valence-corrected chi connectivity index (χ0v) is 11.9. The first kappa shape index (κ1) is 14.0. The van der Waals surface area contributed by atoms with Crippen LogP contribution in [0.3, 0.4) is 0 Å².